The van der Waals surface area contributed by atoms with E-state index in [1.54, 1.807) is 0 Å². The molecule has 0 amide bonds. The fraction of sp³-hybridized carbons (Fsp3) is 0.870. The molecule has 0 aromatic carbocycles. The van der Waals surface area contributed by atoms with E-state index >= 15 is 0 Å². The van der Waals surface area contributed by atoms with Crippen LogP contribution in [0.1, 0.15) is 0 Å². The van der Waals surface area contributed by atoms with Crippen molar-refractivity contribution >= 4 is 17.9 Å². The molecular weight excluding hydrogens is 852 g/mol. The molecule has 0 saturated heterocycles. The molecule has 0 unspecified atom stereocenters. The third kappa shape index (κ3) is 29.8. The van der Waals surface area contributed by atoms with Crippen LogP contribution in [0.2, 0.25) is 0 Å². The zero-order chi connectivity index (χ0) is 39.9. The van der Waals surface area contributed by atoms with Gasteiger partial charge >= 0.3 is 34.1 Å². The second-order valence-electron chi connectivity index (χ2n) is 9.48. The van der Waals surface area contributed by atoms with Gasteiger partial charge in [0.2, 0.25) is 0 Å². The Balaban J connectivity index is -0.0000000696. The Hall–Kier alpha value is -1.47. The molecule has 0 spiro atoms. The van der Waals surface area contributed by atoms with Crippen LogP contribution >= 0.6 is 0 Å². The molecule has 54 heavy (non-hydrogen) atoms. The van der Waals surface area contributed by atoms with E-state index in [2.05, 4.69) is 0 Å². The molecule has 0 saturated carbocycles. The summed E-state index contributed by atoms with van der Waals surface area (Å²) < 4.78 is 0. The summed E-state index contributed by atoms with van der Waals surface area (Å²) in [5.41, 5.74) is 0. The summed E-state index contributed by atoms with van der Waals surface area (Å²) in [5.74, 6) is -5.93. The van der Waals surface area contributed by atoms with Gasteiger partial charge in [-0.15, -0.1) is 0 Å². The van der Waals surface area contributed by atoms with E-state index in [1.807, 2.05) is 0 Å². The second-order valence-corrected chi connectivity index (χ2v) is 9.48. The minimum absolute atomic E-state index is 0. The van der Waals surface area contributed by atoms with Crippen molar-refractivity contribution in [3.8, 4) is 0 Å². The zero-order valence-corrected chi connectivity index (χ0v) is 29.3. The summed E-state index contributed by atoms with van der Waals surface area (Å²) in [6.07, 6.45) is -28.5. The first kappa shape index (κ1) is 73.6. The van der Waals surface area contributed by atoms with Crippen molar-refractivity contribution in [2.75, 3.05) is 33.0 Å². The number of aliphatic hydroxyl groups excluding tert-OH is 20. The van der Waals surface area contributed by atoms with Crippen LogP contribution in [0.25, 0.3) is 0 Å². The molecule has 0 aliphatic carbocycles. The first-order valence-corrected chi connectivity index (χ1v) is 13.3. The normalized spacial score (nSPS) is 18.4. The van der Waals surface area contributed by atoms with Gasteiger partial charge in [0.05, 0.1) is 50.9 Å². The molecule has 23 N–H and O–H groups in total. The number of carbonyl (C=O) groups is 3. The van der Waals surface area contributed by atoms with Gasteiger partial charge in [-0.25, -0.2) is 0 Å². The van der Waals surface area contributed by atoms with Crippen molar-refractivity contribution in [1.29, 1.82) is 0 Å². The quantitative estimate of drug-likeness (QED) is 0.0535. The van der Waals surface area contributed by atoms with Gasteiger partial charge in [-0.05, 0) is 0 Å². The van der Waals surface area contributed by atoms with E-state index in [0.717, 1.165) is 0 Å². The van der Waals surface area contributed by atoms with Gasteiger partial charge in [0.1, 0.15) is 91.6 Å². The van der Waals surface area contributed by atoms with E-state index < -0.39 is 143 Å². The number of hydrogen-bond acceptors (Lipinski definition) is 29. The SMILES string of the molecule is O=C([O-])[C@H](O)[C@@H](O)[C@H](O)[C@H](O)CO.O=C([O-])[C@H](O)[C@@H](O)[C@H](O)[C@H](O)CO.O=C([O-])[C@H](O)[C@@H](O)[C@H](O)[C@H](O)CO.OC[C@@H](O)[C@H](O)[C@@H](O)CO.[Fe+3].[Fe+3].[OH-].[OH-].[OH-]. The Morgan fingerprint density at radius 3 is 0.556 bits per heavy atom. The molecule has 2 radical (unpaired) electrons. The average molecular weight is 900 g/mol. The number of aliphatic hydroxyl groups is 20. The Bertz CT molecular complexity index is 779. The van der Waals surface area contributed by atoms with Crippen LogP contribution in [0, 0.1) is 0 Å². The van der Waals surface area contributed by atoms with E-state index in [4.69, 9.17) is 102 Å². The molecule has 0 aromatic rings. The summed E-state index contributed by atoms with van der Waals surface area (Å²) >= 11 is 0. The van der Waals surface area contributed by atoms with Gasteiger partial charge < -0.3 is 148 Å². The molecule has 29 nitrogen and oxygen atoms in total. The minimum atomic E-state index is -2.31. The molecule has 0 heterocycles. The molecule has 31 heteroatoms. The van der Waals surface area contributed by atoms with Crippen LogP contribution in [-0.2, 0) is 48.5 Å². The van der Waals surface area contributed by atoms with Crippen molar-refractivity contribution in [3.05, 3.63) is 0 Å². The fourth-order valence-electron chi connectivity index (χ4n) is 2.46. The number of aliphatic carboxylic acids is 3. The summed E-state index contributed by atoms with van der Waals surface area (Å²) in [6.45, 7) is -3.87. The summed E-state index contributed by atoms with van der Waals surface area (Å²) in [6, 6.07) is 0. The predicted molar refractivity (Wildman–Crippen MR) is 146 cm³/mol. The Morgan fingerprint density at radius 1 is 0.315 bits per heavy atom. The molecule has 330 valence electrons. The number of carbonyl (C=O) groups excluding carboxylic acids is 3. The van der Waals surface area contributed by atoms with Gasteiger partial charge in [0.15, 0.2) is 0 Å². The van der Waals surface area contributed by atoms with Gasteiger partial charge in [0.25, 0.3) is 0 Å². The Kier molecular flexibility index (Phi) is 54.2. The number of rotatable bonds is 19. The second kappa shape index (κ2) is 39.8. The number of carboxylic acids is 3. The van der Waals surface area contributed by atoms with E-state index in [1.165, 1.54) is 0 Å². The molecule has 0 aliphatic heterocycles. The standard InChI is InChI=1S/3C6H12O7.C5H12O5.2Fe.3H2O/c3*7-1-2(8)3(9)4(10)5(11)6(12)13;6-1-3(8)5(10)4(9)2-7;;;;;/h3*2-5,7-11H,1H2,(H,12,13);3-10H,1-2H2;;;3*1H2/q;;;;2*+3;;;/p-6/t3*2-,3-,4+,5-;3-,4+,5+;;;;;/m111....../s1. The zero-order valence-electron chi connectivity index (χ0n) is 27.1. The third-order valence-corrected chi connectivity index (χ3v) is 5.65. The van der Waals surface area contributed by atoms with Crippen LogP contribution in [0.4, 0.5) is 0 Å². The van der Waals surface area contributed by atoms with E-state index in [9.17, 15) is 29.7 Å². The number of carboxylic acid groups (broad SMARTS) is 3. The predicted octanol–water partition coefficient (Wildman–Crippen LogP) is -18.0. The first-order chi connectivity index (χ1) is 22.4. The molecule has 0 aromatic heterocycles. The molecule has 0 rings (SSSR count). The van der Waals surface area contributed by atoms with Crippen molar-refractivity contribution in [1.82, 2.24) is 0 Å². The summed E-state index contributed by atoms with van der Waals surface area (Å²) in [5, 5.41) is 203. The molecule has 15 atom stereocenters. The largest absolute Gasteiger partial charge is 3.00 e. The van der Waals surface area contributed by atoms with Gasteiger partial charge in [-0.1, -0.05) is 0 Å². The Morgan fingerprint density at radius 2 is 0.444 bits per heavy atom. The molecular formula is C23H48Fe2O29. The van der Waals surface area contributed by atoms with Gasteiger partial charge in [-0.3, -0.25) is 0 Å². The maximum atomic E-state index is 9.98. The third-order valence-electron chi connectivity index (χ3n) is 5.65. The van der Waals surface area contributed by atoms with Crippen LogP contribution in [-0.4, -0.2) is 261 Å². The van der Waals surface area contributed by atoms with Crippen LogP contribution < -0.4 is 15.3 Å². The van der Waals surface area contributed by atoms with Crippen LogP contribution in [0.15, 0.2) is 0 Å². The molecule has 0 fully saturated rings. The molecule has 0 aliphatic rings. The maximum Gasteiger partial charge on any atom is 3.00 e. The minimum Gasteiger partial charge on any atom is -0.870 e. The van der Waals surface area contributed by atoms with Crippen molar-refractivity contribution < 1.29 is 182 Å². The topological polar surface area (TPSA) is 615 Å². The van der Waals surface area contributed by atoms with Crippen LogP contribution in [0.5, 0.6) is 0 Å². The van der Waals surface area contributed by atoms with Crippen LogP contribution in [0.3, 0.4) is 0 Å². The van der Waals surface area contributed by atoms with Crippen molar-refractivity contribution in [2.45, 2.75) is 91.6 Å². The first-order valence-electron chi connectivity index (χ1n) is 13.3. The summed E-state index contributed by atoms with van der Waals surface area (Å²) in [7, 11) is 0. The van der Waals surface area contributed by atoms with Gasteiger partial charge in [-0.2, -0.15) is 0 Å². The van der Waals surface area contributed by atoms with Crippen molar-refractivity contribution in [2.24, 2.45) is 0 Å². The van der Waals surface area contributed by atoms with E-state index in [0.29, 0.717) is 0 Å². The fourth-order valence-corrected chi connectivity index (χ4v) is 2.46. The monoisotopic (exact) mass is 900 g/mol. The average Bonchev–Trinajstić information content (AvgIpc) is 3.09. The van der Waals surface area contributed by atoms with Gasteiger partial charge in [0, 0.05) is 0 Å². The number of hydrogen-bond donors (Lipinski definition) is 20. The van der Waals surface area contributed by atoms with E-state index in [-0.39, 0.29) is 50.6 Å². The Labute approximate surface area is 324 Å². The molecule has 0 bridgehead atoms. The smallest absolute Gasteiger partial charge is 0.870 e. The summed E-state index contributed by atoms with van der Waals surface area (Å²) in [4.78, 5) is 29.9. The van der Waals surface area contributed by atoms with Crippen molar-refractivity contribution in [3.63, 3.8) is 0 Å². The maximum absolute atomic E-state index is 9.98.